The highest BCUT2D eigenvalue weighted by atomic mass is 79.9. The number of halogens is 1. The van der Waals surface area contributed by atoms with E-state index in [9.17, 15) is 8.42 Å². The summed E-state index contributed by atoms with van der Waals surface area (Å²) < 4.78 is 32.8. The molecule has 0 bridgehead atoms. The van der Waals surface area contributed by atoms with Gasteiger partial charge in [0.1, 0.15) is 10.6 Å². The van der Waals surface area contributed by atoms with E-state index in [0.717, 1.165) is 32.5 Å². The third-order valence-electron chi connectivity index (χ3n) is 5.03. The number of benzene rings is 3. The van der Waals surface area contributed by atoms with Gasteiger partial charge < -0.3 is 9.50 Å². The number of aryl methyl sites for hydroxylation is 1. The standard InChI is InChI=1S/C25H28BrNO3S/c1-16(2)23-14-21(27-20-10-8-19(26)9-11-20)15-24(17(3)4)25(23)30-31(28,29)22-12-6-18(5)7-13-22/h6-17,27H,1-5H3. The van der Waals surface area contributed by atoms with E-state index in [1.807, 2.05) is 71.0 Å². The summed E-state index contributed by atoms with van der Waals surface area (Å²) in [5, 5.41) is 3.42. The lowest BCUT2D eigenvalue weighted by molar-refractivity contribution is 0.476. The van der Waals surface area contributed by atoms with Gasteiger partial charge in [-0.3, -0.25) is 0 Å². The zero-order chi connectivity index (χ0) is 22.8. The van der Waals surface area contributed by atoms with E-state index in [-0.39, 0.29) is 16.7 Å². The van der Waals surface area contributed by atoms with E-state index in [4.69, 9.17) is 4.18 Å². The minimum Gasteiger partial charge on any atom is -0.378 e. The maximum atomic E-state index is 13.0. The molecule has 0 amide bonds. The molecule has 0 spiro atoms. The van der Waals surface area contributed by atoms with E-state index in [0.29, 0.717) is 5.75 Å². The van der Waals surface area contributed by atoms with Crippen LogP contribution in [0.1, 0.15) is 56.2 Å². The SMILES string of the molecule is Cc1ccc(S(=O)(=O)Oc2c(C(C)C)cc(Nc3ccc(Br)cc3)cc2C(C)C)cc1. The van der Waals surface area contributed by atoms with Crippen LogP contribution in [-0.4, -0.2) is 8.42 Å². The summed E-state index contributed by atoms with van der Waals surface area (Å²) in [6.45, 7) is 10.1. The molecule has 3 rings (SSSR count). The Balaban J connectivity index is 2.06. The van der Waals surface area contributed by atoms with Crippen LogP contribution >= 0.6 is 15.9 Å². The third-order valence-corrected chi connectivity index (χ3v) is 6.79. The lowest BCUT2D eigenvalue weighted by Gasteiger charge is -2.22. The van der Waals surface area contributed by atoms with Crippen LogP contribution in [0, 0.1) is 6.92 Å². The Labute approximate surface area is 193 Å². The Morgan fingerprint density at radius 2 is 1.32 bits per heavy atom. The fourth-order valence-electron chi connectivity index (χ4n) is 3.26. The van der Waals surface area contributed by atoms with Crippen LogP contribution in [0.2, 0.25) is 0 Å². The van der Waals surface area contributed by atoms with Crippen LogP contribution in [-0.2, 0) is 10.1 Å². The van der Waals surface area contributed by atoms with Gasteiger partial charge in [0.05, 0.1) is 0 Å². The maximum absolute atomic E-state index is 13.0. The zero-order valence-corrected chi connectivity index (χ0v) is 20.8. The van der Waals surface area contributed by atoms with Crippen molar-refractivity contribution in [2.24, 2.45) is 0 Å². The molecule has 0 saturated carbocycles. The number of hydrogen-bond donors (Lipinski definition) is 1. The summed E-state index contributed by atoms with van der Waals surface area (Å²) in [7, 11) is -3.94. The minimum absolute atomic E-state index is 0.0763. The van der Waals surface area contributed by atoms with E-state index in [2.05, 4.69) is 21.2 Å². The lowest BCUT2D eigenvalue weighted by atomic mass is 9.93. The van der Waals surface area contributed by atoms with E-state index < -0.39 is 10.1 Å². The van der Waals surface area contributed by atoms with Gasteiger partial charge in [0.2, 0.25) is 0 Å². The molecule has 4 nitrogen and oxygen atoms in total. The van der Waals surface area contributed by atoms with Crippen molar-refractivity contribution >= 4 is 37.4 Å². The van der Waals surface area contributed by atoms with Crippen LogP contribution in [0.3, 0.4) is 0 Å². The van der Waals surface area contributed by atoms with Gasteiger partial charge in [-0.1, -0.05) is 61.3 Å². The predicted octanol–water partition coefficient (Wildman–Crippen LogP) is 7.52. The minimum atomic E-state index is -3.94. The van der Waals surface area contributed by atoms with Crippen molar-refractivity contribution in [1.82, 2.24) is 0 Å². The second-order valence-corrected chi connectivity index (χ2v) is 10.7. The van der Waals surface area contributed by atoms with Crippen molar-refractivity contribution in [3.05, 3.63) is 81.8 Å². The highest BCUT2D eigenvalue weighted by Gasteiger charge is 2.24. The van der Waals surface area contributed by atoms with Crippen molar-refractivity contribution in [2.75, 3.05) is 5.32 Å². The summed E-state index contributed by atoms with van der Waals surface area (Å²) in [4.78, 5) is 0.152. The van der Waals surface area contributed by atoms with Crippen LogP contribution in [0.5, 0.6) is 5.75 Å². The molecular formula is C25H28BrNO3S. The lowest BCUT2D eigenvalue weighted by Crippen LogP contribution is -2.14. The first-order valence-electron chi connectivity index (χ1n) is 10.3. The van der Waals surface area contributed by atoms with Crippen molar-refractivity contribution in [2.45, 2.75) is 51.3 Å². The Morgan fingerprint density at radius 3 is 1.81 bits per heavy atom. The summed E-state index contributed by atoms with van der Waals surface area (Å²) >= 11 is 3.45. The molecule has 164 valence electrons. The van der Waals surface area contributed by atoms with Gasteiger partial charge in [0.15, 0.2) is 0 Å². The molecule has 3 aromatic carbocycles. The molecule has 0 heterocycles. The second-order valence-electron chi connectivity index (χ2n) is 8.28. The number of rotatable bonds is 7. The molecule has 0 unspecified atom stereocenters. The Bertz CT molecular complexity index is 1120. The van der Waals surface area contributed by atoms with Crippen LogP contribution < -0.4 is 9.50 Å². The molecule has 31 heavy (non-hydrogen) atoms. The molecule has 3 aromatic rings. The molecule has 1 N–H and O–H groups in total. The van der Waals surface area contributed by atoms with Crippen LogP contribution in [0.15, 0.2) is 70.0 Å². The Morgan fingerprint density at radius 1 is 0.806 bits per heavy atom. The van der Waals surface area contributed by atoms with Gasteiger partial charge in [-0.2, -0.15) is 8.42 Å². The Kier molecular flexibility index (Phi) is 7.12. The van der Waals surface area contributed by atoms with Gasteiger partial charge >= 0.3 is 10.1 Å². The first-order valence-corrected chi connectivity index (χ1v) is 12.5. The highest BCUT2D eigenvalue weighted by Crippen LogP contribution is 2.39. The number of hydrogen-bond acceptors (Lipinski definition) is 4. The summed E-state index contributed by atoms with van der Waals surface area (Å²) in [6, 6.07) is 18.6. The average molecular weight is 502 g/mol. The topological polar surface area (TPSA) is 55.4 Å². The average Bonchev–Trinajstić information content (AvgIpc) is 2.70. The first-order chi connectivity index (χ1) is 14.6. The predicted molar refractivity (Wildman–Crippen MR) is 131 cm³/mol. The van der Waals surface area contributed by atoms with Gasteiger partial charge in [-0.25, -0.2) is 0 Å². The number of anilines is 2. The number of nitrogens with one attached hydrogen (secondary N) is 1. The molecule has 0 aliphatic heterocycles. The molecule has 0 aliphatic carbocycles. The van der Waals surface area contributed by atoms with Crippen LogP contribution in [0.25, 0.3) is 0 Å². The molecule has 0 aliphatic rings. The zero-order valence-electron chi connectivity index (χ0n) is 18.4. The normalized spacial score (nSPS) is 11.7. The molecule has 0 radical (unpaired) electrons. The Hall–Kier alpha value is -2.31. The van der Waals surface area contributed by atoms with Crippen molar-refractivity contribution in [3.8, 4) is 5.75 Å². The largest absolute Gasteiger partial charge is 0.378 e. The first kappa shape index (κ1) is 23.4. The maximum Gasteiger partial charge on any atom is 0.339 e. The molecular weight excluding hydrogens is 474 g/mol. The smallest absolute Gasteiger partial charge is 0.339 e. The van der Waals surface area contributed by atoms with Gasteiger partial charge in [-0.05, 0) is 67.3 Å². The van der Waals surface area contributed by atoms with Crippen molar-refractivity contribution in [1.29, 1.82) is 0 Å². The summed E-state index contributed by atoms with van der Waals surface area (Å²) in [6.07, 6.45) is 0. The van der Waals surface area contributed by atoms with Crippen molar-refractivity contribution in [3.63, 3.8) is 0 Å². The molecule has 0 saturated heterocycles. The van der Waals surface area contributed by atoms with E-state index in [1.54, 1.807) is 24.3 Å². The van der Waals surface area contributed by atoms with E-state index in [1.165, 1.54) is 0 Å². The molecule has 0 atom stereocenters. The highest BCUT2D eigenvalue weighted by molar-refractivity contribution is 9.10. The van der Waals surface area contributed by atoms with Crippen molar-refractivity contribution < 1.29 is 12.6 Å². The molecule has 0 fully saturated rings. The fourth-order valence-corrected chi connectivity index (χ4v) is 4.51. The quantitative estimate of drug-likeness (QED) is 0.340. The van der Waals surface area contributed by atoms with E-state index >= 15 is 0 Å². The van der Waals surface area contributed by atoms with Gasteiger partial charge in [0, 0.05) is 27.0 Å². The fraction of sp³-hybridized carbons (Fsp3) is 0.280. The third kappa shape index (κ3) is 5.69. The monoisotopic (exact) mass is 501 g/mol. The molecule has 0 aromatic heterocycles. The second kappa shape index (κ2) is 9.45. The van der Waals surface area contributed by atoms with Gasteiger partial charge in [0.25, 0.3) is 0 Å². The van der Waals surface area contributed by atoms with Crippen LogP contribution in [0.4, 0.5) is 11.4 Å². The van der Waals surface area contributed by atoms with Gasteiger partial charge in [-0.15, -0.1) is 0 Å². The summed E-state index contributed by atoms with van der Waals surface area (Å²) in [5.41, 5.74) is 4.54. The molecule has 6 heteroatoms. The summed E-state index contributed by atoms with van der Waals surface area (Å²) in [5.74, 6) is 0.576.